The molecule has 0 bridgehead atoms. The van der Waals surface area contributed by atoms with Crippen LogP contribution in [0, 0.1) is 17.0 Å². The molecule has 0 N–H and O–H groups in total. The Labute approximate surface area is 166 Å². The first-order valence-corrected chi connectivity index (χ1v) is 9.12. The van der Waals surface area contributed by atoms with Gasteiger partial charge in [-0.05, 0) is 19.1 Å². The molecular formula is C18H14F3N3O4S. The smallest absolute Gasteiger partial charge is 0.406 e. The lowest BCUT2D eigenvalue weighted by Gasteiger charge is -2.23. The summed E-state index contributed by atoms with van der Waals surface area (Å²) in [6.07, 6.45) is -4.68. The molecule has 2 heterocycles. The van der Waals surface area contributed by atoms with Crippen molar-refractivity contribution in [2.45, 2.75) is 19.6 Å². The number of thiazole rings is 1. The zero-order valence-electron chi connectivity index (χ0n) is 15.0. The highest BCUT2D eigenvalue weighted by Gasteiger charge is 2.35. The van der Waals surface area contributed by atoms with Crippen molar-refractivity contribution in [3.05, 3.63) is 68.9 Å². The number of carbonyl (C=O) groups excluding carboxylic acids is 1. The van der Waals surface area contributed by atoms with E-state index in [0.29, 0.717) is 21.4 Å². The van der Waals surface area contributed by atoms with Gasteiger partial charge in [0.05, 0.1) is 11.5 Å². The number of nitro groups is 1. The van der Waals surface area contributed by atoms with Gasteiger partial charge in [-0.25, -0.2) is 4.98 Å². The minimum absolute atomic E-state index is 0.00721. The maximum Gasteiger partial charge on any atom is 0.406 e. The summed E-state index contributed by atoms with van der Waals surface area (Å²) in [5.41, 5.74) is -0.563. The Morgan fingerprint density at radius 3 is 2.62 bits per heavy atom. The van der Waals surface area contributed by atoms with E-state index in [1.165, 1.54) is 29.6 Å². The molecule has 2 aromatic heterocycles. The first kappa shape index (κ1) is 20.5. The fourth-order valence-electron chi connectivity index (χ4n) is 2.64. The molecule has 0 fully saturated rings. The number of hydrogen-bond donors (Lipinski definition) is 0. The summed E-state index contributed by atoms with van der Waals surface area (Å²) in [5.74, 6) is 0.0389. The second kappa shape index (κ2) is 8.03. The van der Waals surface area contributed by atoms with Gasteiger partial charge in [-0.2, -0.15) is 13.2 Å². The van der Waals surface area contributed by atoms with E-state index in [1.54, 1.807) is 19.1 Å². The lowest BCUT2D eigenvalue weighted by Crippen LogP contribution is -2.38. The molecule has 0 aliphatic carbocycles. The molecule has 152 valence electrons. The quantitative estimate of drug-likeness (QED) is 0.417. The van der Waals surface area contributed by atoms with E-state index >= 15 is 0 Å². The molecule has 0 aliphatic rings. The molecule has 0 unspecified atom stereocenters. The Hall–Kier alpha value is -3.21. The van der Waals surface area contributed by atoms with E-state index in [9.17, 15) is 28.1 Å². The molecule has 7 nitrogen and oxygen atoms in total. The average molecular weight is 425 g/mol. The van der Waals surface area contributed by atoms with Gasteiger partial charge in [0.25, 0.3) is 11.6 Å². The predicted molar refractivity (Wildman–Crippen MR) is 98.4 cm³/mol. The van der Waals surface area contributed by atoms with Crippen LogP contribution in [0.1, 0.15) is 21.8 Å². The highest BCUT2D eigenvalue weighted by molar-refractivity contribution is 7.13. The number of nitro benzene ring substituents is 1. The molecule has 0 spiro atoms. The van der Waals surface area contributed by atoms with Crippen molar-refractivity contribution < 1.29 is 27.3 Å². The standard InChI is InChI=1S/C18H14F3N3O4S/c1-11-6-7-15(28-11)16-22-13(9-29-16)17(25)23(10-18(19,20)21)8-12-4-2-3-5-14(12)24(26)27/h2-7,9H,8,10H2,1H3. The van der Waals surface area contributed by atoms with Gasteiger partial charge in [-0.1, -0.05) is 18.2 Å². The topological polar surface area (TPSA) is 89.5 Å². The monoisotopic (exact) mass is 425 g/mol. The van der Waals surface area contributed by atoms with Crippen LogP contribution in [-0.4, -0.2) is 33.4 Å². The van der Waals surface area contributed by atoms with Gasteiger partial charge in [-0.15, -0.1) is 11.3 Å². The largest absolute Gasteiger partial charge is 0.459 e. The molecule has 1 amide bonds. The number of aromatic nitrogens is 1. The zero-order chi connectivity index (χ0) is 21.2. The summed E-state index contributed by atoms with van der Waals surface area (Å²) in [6.45, 7) is -0.423. The number of para-hydroxylation sites is 1. The molecule has 11 heteroatoms. The van der Waals surface area contributed by atoms with E-state index in [0.717, 1.165) is 11.3 Å². The van der Waals surface area contributed by atoms with Gasteiger partial charge < -0.3 is 9.32 Å². The lowest BCUT2D eigenvalue weighted by molar-refractivity contribution is -0.385. The van der Waals surface area contributed by atoms with Crippen LogP contribution in [0.2, 0.25) is 0 Å². The van der Waals surface area contributed by atoms with Gasteiger partial charge in [0, 0.05) is 17.0 Å². The van der Waals surface area contributed by atoms with Crippen LogP contribution >= 0.6 is 11.3 Å². The van der Waals surface area contributed by atoms with E-state index < -0.39 is 30.1 Å². The number of nitrogens with zero attached hydrogens (tertiary/aromatic N) is 3. The third kappa shape index (κ3) is 4.99. The van der Waals surface area contributed by atoms with E-state index in [4.69, 9.17) is 4.42 Å². The first-order valence-electron chi connectivity index (χ1n) is 8.24. The lowest BCUT2D eigenvalue weighted by atomic mass is 10.1. The second-order valence-electron chi connectivity index (χ2n) is 6.11. The van der Waals surface area contributed by atoms with Gasteiger partial charge in [0.1, 0.15) is 18.0 Å². The molecule has 0 atom stereocenters. The number of benzene rings is 1. The van der Waals surface area contributed by atoms with Crippen molar-refractivity contribution in [2.24, 2.45) is 0 Å². The van der Waals surface area contributed by atoms with Crippen LogP contribution in [-0.2, 0) is 6.54 Å². The maximum absolute atomic E-state index is 13.1. The Balaban J connectivity index is 1.90. The van der Waals surface area contributed by atoms with Crippen molar-refractivity contribution in [3.63, 3.8) is 0 Å². The van der Waals surface area contributed by atoms with Crippen molar-refractivity contribution in [1.82, 2.24) is 9.88 Å². The summed E-state index contributed by atoms with van der Waals surface area (Å²) >= 11 is 1.05. The number of alkyl halides is 3. The molecule has 3 aromatic rings. The maximum atomic E-state index is 13.1. The first-order chi connectivity index (χ1) is 13.6. The Morgan fingerprint density at radius 1 is 1.28 bits per heavy atom. The van der Waals surface area contributed by atoms with Crippen LogP contribution in [0.4, 0.5) is 18.9 Å². The highest BCUT2D eigenvalue weighted by Crippen LogP contribution is 2.28. The molecule has 29 heavy (non-hydrogen) atoms. The number of rotatable bonds is 6. The highest BCUT2D eigenvalue weighted by atomic mass is 32.1. The third-order valence-electron chi connectivity index (χ3n) is 3.88. The number of aryl methyl sites for hydroxylation is 1. The zero-order valence-corrected chi connectivity index (χ0v) is 15.8. The van der Waals surface area contributed by atoms with Crippen LogP contribution in [0.5, 0.6) is 0 Å². The molecule has 0 aliphatic heterocycles. The molecule has 0 saturated carbocycles. The third-order valence-corrected chi connectivity index (χ3v) is 4.74. The number of hydrogen-bond acceptors (Lipinski definition) is 6. The van der Waals surface area contributed by atoms with Crippen LogP contribution in [0.15, 0.2) is 46.2 Å². The Bertz CT molecular complexity index is 1040. The van der Waals surface area contributed by atoms with E-state index in [1.807, 2.05) is 0 Å². The molecular weight excluding hydrogens is 411 g/mol. The van der Waals surface area contributed by atoms with Crippen molar-refractivity contribution in [2.75, 3.05) is 6.54 Å². The number of amides is 1. The minimum atomic E-state index is -4.68. The Kier molecular flexibility index (Phi) is 5.69. The summed E-state index contributed by atoms with van der Waals surface area (Å²) in [6, 6.07) is 8.68. The fourth-order valence-corrected chi connectivity index (χ4v) is 3.39. The number of furan rings is 1. The van der Waals surface area contributed by atoms with E-state index in [-0.39, 0.29) is 16.9 Å². The fraction of sp³-hybridized carbons (Fsp3) is 0.222. The number of halogens is 3. The number of carbonyl (C=O) groups is 1. The minimum Gasteiger partial charge on any atom is -0.459 e. The molecule has 0 saturated heterocycles. The molecule has 3 rings (SSSR count). The molecule has 0 radical (unpaired) electrons. The van der Waals surface area contributed by atoms with Crippen molar-refractivity contribution in [1.29, 1.82) is 0 Å². The second-order valence-corrected chi connectivity index (χ2v) is 6.97. The summed E-state index contributed by atoms with van der Waals surface area (Å²) in [4.78, 5) is 27.7. The van der Waals surface area contributed by atoms with Crippen molar-refractivity contribution >= 4 is 22.9 Å². The normalized spacial score (nSPS) is 11.4. The summed E-state index contributed by atoms with van der Waals surface area (Å²) in [5, 5.41) is 12.8. The van der Waals surface area contributed by atoms with Crippen LogP contribution in [0.3, 0.4) is 0 Å². The molecule has 1 aromatic carbocycles. The average Bonchev–Trinajstić information content (AvgIpc) is 3.28. The van der Waals surface area contributed by atoms with Gasteiger partial charge in [0.15, 0.2) is 10.8 Å². The summed E-state index contributed by atoms with van der Waals surface area (Å²) < 4.78 is 44.6. The van der Waals surface area contributed by atoms with Gasteiger partial charge >= 0.3 is 6.18 Å². The van der Waals surface area contributed by atoms with Gasteiger partial charge in [-0.3, -0.25) is 14.9 Å². The van der Waals surface area contributed by atoms with Gasteiger partial charge in [0.2, 0.25) is 0 Å². The van der Waals surface area contributed by atoms with Crippen LogP contribution in [0.25, 0.3) is 10.8 Å². The summed E-state index contributed by atoms with van der Waals surface area (Å²) in [7, 11) is 0. The predicted octanol–water partition coefficient (Wildman–Crippen LogP) is 4.82. The van der Waals surface area contributed by atoms with Crippen molar-refractivity contribution in [3.8, 4) is 10.8 Å². The van der Waals surface area contributed by atoms with Crippen LogP contribution < -0.4 is 0 Å². The Morgan fingerprint density at radius 2 is 2.00 bits per heavy atom. The SMILES string of the molecule is Cc1ccc(-c2nc(C(=O)N(Cc3ccccc3[N+](=O)[O-])CC(F)(F)F)cs2)o1. The van der Waals surface area contributed by atoms with E-state index in [2.05, 4.69) is 4.98 Å².